The molecule has 0 spiro atoms. The van der Waals surface area contributed by atoms with Crippen LogP contribution in [0.3, 0.4) is 0 Å². The van der Waals surface area contributed by atoms with Crippen molar-refractivity contribution in [2.24, 2.45) is 0 Å². The summed E-state index contributed by atoms with van der Waals surface area (Å²) < 4.78 is 19.6. The van der Waals surface area contributed by atoms with E-state index in [1.54, 1.807) is 0 Å². The van der Waals surface area contributed by atoms with Gasteiger partial charge in [-0.3, -0.25) is 0 Å². The van der Waals surface area contributed by atoms with Gasteiger partial charge in [0.05, 0.1) is 0 Å². The highest BCUT2D eigenvalue weighted by atomic mass is 16.7. The second kappa shape index (κ2) is 8.08. The van der Waals surface area contributed by atoms with E-state index in [1.807, 2.05) is 0 Å². The Morgan fingerprint density at radius 3 is 1.77 bits per heavy atom. The Bertz CT molecular complexity index is 526. The number of aliphatic hydroxyl groups is 5. The smallest absolute Gasteiger partial charge is 0.335 e. The van der Waals surface area contributed by atoms with Crippen molar-refractivity contribution in [2.45, 2.75) is 61.4 Å². The van der Waals surface area contributed by atoms with Crippen LogP contribution >= 0.6 is 0 Å². The molecule has 13 heteroatoms. The molecule has 2 rings (SSSR count). The molecule has 0 aromatic rings. The molecule has 9 unspecified atom stereocenters. The third-order valence-corrected chi connectivity index (χ3v) is 4.16. The van der Waals surface area contributed by atoms with Crippen LogP contribution in [0.5, 0.6) is 0 Å². The fourth-order valence-corrected chi connectivity index (χ4v) is 2.77. The van der Waals surface area contributed by atoms with Crippen LogP contribution < -0.4 is 0 Å². The summed E-state index contributed by atoms with van der Waals surface area (Å²) in [7, 11) is 1.08. The van der Waals surface area contributed by atoms with E-state index in [1.165, 1.54) is 0 Å². The number of hydrogen-bond acceptors (Lipinski definition) is 11. The lowest BCUT2D eigenvalue weighted by Crippen LogP contribution is -2.65. The zero-order chi connectivity index (χ0) is 19.8. The molecule has 2 fully saturated rings. The molecule has 2 saturated heterocycles. The Hall–Kier alpha value is -1.42. The summed E-state index contributed by atoms with van der Waals surface area (Å²) in [6, 6.07) is 0. The van der Waals surface area contributed by atoms with E-state index in [0.29, 0.717) is 0 Å². The van der Waals surface area contributed by atoms with Gasteiger partial charge in [0, 0.05) is 7.11 Å². The Morgan fingerprint density at radius 1 is 0.769 bits per heavy atom. The van der Waals surface area contributed by atoms with Crippen LogP contribution in [0.15, 0.2) is 0 Å². The minimum atomic E-state index is -2.02. The number of rotatable bonds is 5. The fourth-order valence-electron chi connectivity index (χ4n) is 2.77. The van der Waals surface area contributed by atoms with E-state index in [9.17, 15) is 35.1 Å². The molecule has 0 aromatic heterocycles. The second-order valence-electron chi connectivity index (χ2n) is 5.81. The average Bonchev–Trinajstić information content (AvgIpc) is 2.58. The number of hydrogen-bond donors (Lipinski definition) is 7. The lowest BCUT2D eigenvalue weighted by atomic mass is 9.96. The highest BCUT2D eigenvalue weighted by Crippen LogP contribution is 2.29. The zero-order valence-corrected chi connectivity index (χ0v) is 13.4. The summed E-state index contributed by atoms with van der Waals surface area (Å²) >= 11 is 0. The summed E-state index contributed by atoms with van der Waals surface area (Å²) in [6.07, 6.45) is -18.5. The molecule has 10 atom stereocenters. The summed E-state index contributed by atoms with van der Waals surface area (Å²) in [4.78, 5) is 22.5. The fraction of sp³-hybridized carbons (Fsp3) is 0.846. The standard InChI is InChI=1S/C13H20O13/c1-23-6-3(15)5(17)13(26-8(6)10(18)19)25-7-2(14)4(16)12(22)24-9(7)11(20)21/h2-9,12-17,22H,1H3,(H,18,19)(H,20,21)/t2?,3?,4?,5?,6-,7?,8?,9?,12?,13?/m1/s1. The second-order valence-corrected chi connectivity index (χ2v) is 5.81. The van der Waals surface area contributed by atoms with Gasteiger partial charge in [-0.1, -0.05) is 0 Å². The first kappa shape index (κ1) is 20.9. The first-order valence-corrected chi connectivity index (χ1v) is 7.45. The molecule has 2 aliphatic rings. The molecule has 2 heterocycles. The maximum Gasteiger partial charge on any atom is 0.335 e. The highest BCUT2D eigenvalue weighted by molar-refractivity contribution is 5.74. The molecular formula is C13H20O13. The molecule has 7 N–H and O–H groups in total. The predicted octanol–water partition coefficient (Wildman–Crippen LogP) is -4.56. The summed E-state index contributed by atoms with van der Waals surface area (Å²) in [5.74, 6) is -3.22. The molecule has 2 aliphatic heterocycles. The van der Waals surface area contributed by atoms with Gasteiger partial charge in [-0.2, -0.15) is 0 Å². The van der Waals surface area contributed by atoms with Crippen molar-refractivity contribution in [3.05, 3.63) is 0 Å². The van der Waals surface area contributed by atoms with Crippen molar-refractivity contribution in [3.63, 3.8) is 0 Å². The summed E-state index contributed by atoms with van der Waals surface area (Å²) in [6.45, 7) is 0. The molecule has 0 bridgehead atoms. The average molecular weight is 384 g/mol. The molecule has 0 saturated carbocycles. The number of aliphatic carboxylic acids is 2. The number of carbonyl (C=O) groups is 2. The minimum absolute atomic E-state index is 1.08. The van der Waals surface area contributed by atoms with Gasteiger partial charge in [0.1, 0.15) is 36.6 Å². The van der Waals surface area contributed by atoms with Gasteiger partial charge in [0.15, 0.2) is 24.8 Å². The Kier molecular flexibility index (Phi) is 6.49. The van der Waals surface area contributed by atoms with Gasteiger partial charge in [0.25, 0.3) is 0 Å². The van der Waals surface area contributed by atoms with Crippen molar-refractivity contribution in [2.75, 3.05) is 7.11 Å². The van der Waals surface area contributed by atoms with E-state index in [4.69, 9.17) is 24.4 Å². The normalized spacial score (nSPS) is 46.7. The van der Waals surface area contributed by atoms with Gasteiger partial charge >= 0.3 is 11.9 Å². The van der Waals surface area contributed by atoms with Crippen LogP contribution in [0.4, 0.5) is 0 Å². The van der Waals surface area contributed by atoms with Crippen LogP contribution in [0, 0.1) is 0 Å². The SMILES string of the molecule is CO[C@H]1C(C(=O)O)OC(OC2C(C(=O)O)OC(O)C(O)C2O)C(O)C1O. The minimum Gasteiger partial charge on any atom is -0.479 e. The van der Waals surface area contributed by atoms with Crippen LogP contribution in [-0.4, -0.2) is 116 Å². The summed E-state index contributed by atoms with van der Waals surface area (Å²) in [5.41, 5.74) is 0. The predicted molar refractivity (Wildman–Crippen MR) is 74.5 cm³/mol. The number of carboxylic acids is 2. The van der Waals surface area contributed by atoms with Crippen molar-refractivity contribution >= 4 is 11.9 Å². The van der Waals surface area contributed by atoms with Crippen LogP contribution in [-0.2, 0) is 28.5 Å². The maximum atomic E-state index is 11.3. The van der Waals surface area contributed by atoms with Crippen LogP contribution in [0.2, 0.25) is 0 Å². The number of ether oxygens (including phenoxy) is 4. The number of methoxy groups -OCH3 is 1. The molecule has 0 aliphatic carbocycles. The molecular weight excluding hydrogens is 364 g/mol. The number of carboxylic acid groups (broad SMARTS) is 2. The monoisotopic (exact) mass is 384 g/mol. The quantitative estimate of drug-likeness (QED) is 0.238. The van der Waals surface area contributed by atoms with Gasteiger partial charge in [-0.05, 0) is 0 Å². The van der Waals surface area contributed by atoms with Gasteiger partial charge in [0.2, 0.25) is 0 Å². The first-order chi connectivity index (χ1) is 12.1. The zero-order valence-electron chi connectivity index (χ0n) is 13.4. The lowest BCUT2D eigenvalue weighted by molar-refractivity contribution is -0.347. The summed E-state index contributed by atoms with van der Waals surface area (Å²) in [5, 5.41) is 67.3. The van der Waals surface area contributed by atoms with Crippen molar-refractivity contribution in [1.82, 2.24) is 0 Å². The Balaban J connectivity index is 2.23. The third kappa shape index (κ3) is 3.80. The van der Waals surface area contributed by atoms with Gasteiger partial charge in [-0.25, -0.2) is 9.59 Å². The van der Waals surface area contributed by atoms with Crippen molar-refractivity contribution in [1.29, 1.82) is 0 Å². The maximum absolute atomic E-state index is 11.3. The van der Waals surface area contributed by atoms with Gasteiger partial charge in [-0.15, -0.1) is 0 Å². The van der Waals surface area contributed by atoms with Crippen LogP contribution in [0.25, 0.3) is 0 Å². The van der Waals surface area contributed by atoms with Crippen LogP contribution in [0.1, 0.15) is 0 Å². The Morgan fingerprint density at radius 2 is 1.27 bits per heavy atom. The van der Waals surface area contributed by atoms with E-state index in [2.05, 4.69) is 4.74 Å². The van der Waals surface area contributed by atoms with E-state index in [0.717, 1.165) is 7.11 Å². The molecule has 0 radical (unpaired) electrons. The third-order valence-electron chi connectivity index (χ3n) is 4.16. The van der Waals surface area contributed by atoms with E-state index in [-0.39, 0.29) is 0 Å². The van der Waals surface area contributed by atoms with E-state index < -0.39 is 73.4 Å². The highest BCUT2D eigenvalue weighted by Gasteiger charge is 2.53. The van der Waals surface area contributed by atoms with E-state index >= 15 is 0 Å². The molecule has 0 amide bonds. The first-order valence-electron chi connectivity index (χ1n) is 7.45. The molecule has 26 heavy (non-hydrogen) atoms. The lowest BCUT2D eigenvalue weighted by Gasteiger charge is -2.44. The van der Waals surface area contributed by atoms with Gasteiger partial charge < -0.3 is 54.7 Å². The topological polar surface area (TPSA) is 213 Å². The molecule has 13 nitrogen and oxygen atoms in total. The largest absolute Gasteiger partial charge is 0.479 e. The molecule has 0 aromatic carbocycles. The van der Waals surface area contributed by atoms with Crippen molar-refractivity contribution in [3.8, 4) is 0 Å². The number of aliphatic hydroxyl groups excluding tert-OH is 5. The van der Waals surface area contributed by atoms with Crippen molar-refractivity contribution < 1.29 is 64.3 Å². The Labute approximate surface area is 145 Å². The molecule has 150 valence electrons.